The van der Waals surface area contributed by atoms with E-state index >= 15 is 0 Å². The zero-order valence-corrected chi connectivity index (χ0v) is 77.5. The lowest BCUT2D eigenvalue weighted by molar-refractivity contribution is 1.01. The molecule has 0 N–H and O–H groups in total. The molecule has 3 nitrogen and oxygen atoms in total. The second-order valence-corrected chi connectivity index (χ2v) is 39.0. The van der Waals surface area contributed by atoms with E-state index in [4.69, 9.17) is 0 Å². The number of hydrogen-bond donors (Lipinski definition) is 0. The summed E-state index contributed by atoms with van der Waals surface area (Å²) in [6.45, 7) is 0. The van der Waals surface area contributed by atoms with Crippen molar-refractivity contribution in [2.45, 2.75) is 37.0 Å². The molecule has 0 fully saturated rings. The zero-order chi connectivity index (χ0) is 92.4. The molecule has 0 spiro atoms. The van der Waals surface area contributed by atoms with E-state index in [1.807, 2.05) is 0 Å². The predicted molar refractivity (Wildman–Crippen MR) is 587 cm³/mol. The Bertz CT molecular complexity index is 9480. The molecule has 0 saturated carbocycles. The van der Waals surface area contributed by atoms with Gasteiger partial charge in [0, 0.05) is 66.9 Å². The van der Waals surface area contributed by atoms with E-state index in [0.717, 1.165) is 19.3 Å². The highest BCUT2D eigenvalue weighted by Crippen LogP contribution is 2.56. The Morgan fingerprint density at radius 2 is 0.518 bits per heavy atom. The van der Waals surface area contributed by atoms with Crippen LogP contribution in [0.15, 0.2) is 497 Å². The summed E-state index contributed by atoms with van der Waals surface area (Å²) in [6, 6.07) is 185. The number of aromatic nitrogens is 3. The second kappa shape index (κ2) is 32.5. The van der Waals surface area contributed by atoms with Crippen LogP contribution in [-0.2, 0) is 19.3 Å². The standard InChI is InChI=1S/C49H32N2.C45H30.C44H29N/c1-2-14-35(15-3-1)50-45-22-9-8-19-41(45)44-29-32(26-28-48(44)50)33-25-27-42-40-18-7-11-24-47(40)51(49(42)31-33)46-23-10-6-17-39(46)38-21-12-20-37-36-16-5-4-13-34(36)30-43(37)38;1-2-10-28(11-3-1)44-39-17-9-7-15-36(39)42-25-29(21-23-40(42)44)30-20-22-37-35-14-6-8-16-38(35)45(43(37)26-30)33-19-18-32-24-31-12-4-5-13-34(31)41(32)27-33;1-2-11-28(12-3-1)43-37-18-7-6-16-34(37)39-26-29(22-24-38(39)43)30-21-23-36-35-17-8-9-19-40(35)45(42(36)27-30)41-20-10-14-32-25-31-13-4-5-15-33(31)44(32)41/h1-29,31H,30H2;1-23,25-27,44-45H,24H2;1-24,26-27,43H,25H2. The number of benzene rings is 22. The number of fused-ring (bicyclic) bond motifs is 27. The van der Waals surface area contributed by atoms with Crippen molar-refractivity contribution in [3.8, 4) is 128 Å². The fourth-order valence-electron chi connectivity index (χ4n) is 25.3. The molecule has 3 heteroatoms. The lowest BCUT2D eigenvalue weighted by Gasteiger charge is -2.17. The topological polar surface area (TPSA) is 14.8 Å². The van der Waals surface area contributed by atoms with Crippen molar-refractivity contribution >= 4 is 65.4 Å². The van der Waals surface area contributed by atoms with Gasteiger partial charge >= 0.3 is 0 Å². The van der Waals surface area contributed by atoms with Gasteiger partial charge in [0.2, 0.25) is 0 Å². The van der Waals surface area contributed by atoms with Gasteiger partial charge in [0.15, 0.2) is 0 Å². The third-order valence-electron chi connectivity index (χ3n) is 31.6. The number of hydrogen-bond acceptors (Lipinski definition) is 0. The highest BCUT2D eigenvalue weighted by atomic mass is 15.0. The van der Waals surface area contributed by atoms with Gasteiger partial charge in [-0.2, -0.15) is 0 Å². The molecular formula is C138H91N3. The molecule has 0 bridgehead atoms. The molecule has 0 saturated heterocycles. The first kappa shape index (κ1) is 80.5. The molecule has 658 valence electrons. The van der Waals surface area contributed by atoms with Gasteiger partial charge in [-0.3, -0.25) is 0 Å². The fraction of sp³-hybridized carbons (Fsp3) is 0.0435. The van der Waals surface area contributed by atoms with E-state index in [9.17, 15) is 0 Å². The molecule has 3 atom stereocenters. The fourth-order valence-corrected chi connectivity index (χ4v) is 25.3. The maximum Gasteiger partial charge on any atom is 0.0547 e. The first-order valence-corrected chi connectivity index (χ1v) is 49.6. The third-order valence-corrected chi connectivity index (χ3v) is 31.6. The van der Waals surface area contributed by atoms with E-state index in [2.05, 4.69) is 511 Å². The highest BCUT2D eigenvalue weighted by molar-refractivity contribution is 6.15. The molecule has 6 aliphatic carbocycles. The Morgan fingerprint density at radius 1 is 0.156 bits per heavy atom. The van der Waals surface area contributed by atoms with Gasteiger partial charge in [-0.1, -0.05) is 406 Å². The van der Waals surface area contributed by atoms with Gasteiger partial charge in [0.1, 0.15) is 0 Å². The first-order chi connectivity index (χ1) is 70.0. The Kier molecular flexibility index (Phi) is 18.5. The van der Waals surface area contributed by atoms with E-state index in [-0.39, 0.29) is 17.8 Å². The van der Waals surface area contributed by atoms with Crippen LogP contribution in [0, 0.1) is 0 Å². The van der Waals surface area contributed by atoms with Gasteiger partial charge in [-0.05, 0) is 294 Å². The third kappa shape index (κ3) is 12.8. The molecule has 6 aliphatic rings. The van der Waals surface area contributed by atoms with E-state index in [1.54, 1.807) is 0 Å². The number of nitrogens with zero attached hydrogens (tertiary/aromatic N) is 3. The van der Waals surface area contributed by atoms with Crippen LogP contribution in [0.25, 0.3) is 194 Å². The number of rotatable bonds is 10. The first-order valence-electron chi connectivity index (χ1n) is 49.6. The van der Waals surface area contributed by atoms with Crippen LogP contribution in [0.5, 0.6) is 0 Å². The molecule has 3 heterocycles. The molecule has 3 aromatic heterocycles. The monoisotopic (exact) mass is 1790 g/mol. The summed E-state index contributed by atoms with van der Waals surface area (Å²) in [5, 5.41) is 7.62. The SMILES string of the molecule is c1ccc(-n2c3ccccc3c3cc(-c4ccc5c6ccccc6n(-c6ccccc6-c6cccc7c6Cc6ccccc6-7)c5c4)ccc32)cc1.c1ccc(C2c3ccccc3-c3cc(-c4ccc5c(c4)C(c4ccc6c(c4)-c4ccccc4C6)c4ccccc4-5)ccc32)cc1.c1ccc(C2c3ccccc3-c3cc(-c4ccc5c6ccccc6n(-c6cccc7c6-c6ccccc6C7)c5c4)ccc32)cc1. The Morgan fingerprint density at radius 3 is 1.13 bits per heavy atom. The molecule has 3 unspecified atom stereocenters. The summed E-state index contributed by atoms with van der Waals surface area (Å²) < 4.78 is 7.37. The average molecular weight is 1790 g/mol. The largest absolute Gasteiger partial charge is 0.309 e. The van der Waals surface area contributed by atoms with Crippen molar-refractivity contribution in [1.82, 2.24) is 13.7 Å². The van der Waals surface area contributed by atoms with Gasteiger partial charge in [-0.25, -0.2) is 0 Å². The Balaban J connectivity index is 0.000000102. The Hall–Kier alpha value is -17.8. The van der Waals surface area contributed by atoms with Gasteiger partial charge in [0.25, 0.3) is 0 Å². The number of para-hydroxylation sites is 5. The maximum absolute atomic E-state index is 2.50. The zero-order valence-electron chi connectivity index (χ0n) is 77.5. The van der Waals surface area contributed by atoms with Gasteiger partial charge in [0.05, 0.1) is 44.5 Å². The van der Waals surface area contributed by atoms with Crippen molar-refractivity contribution in [2.75, 3.05) is 0 Å². The smallest absolute Gasteiger partial charge is 0.0547 e. The van der Waals surface area contributed by atoms with E-state index in [0.29, 0.717) is 0 Å². The van der Waals surface area contributed by atoms with Crippen LogP contribution in [0.3, 0.4) is 0 Å². The predicted octanol–water partition coefficient (Wildman–Crippen LogP) is 35.2. The molecular weight excluding hydrogens is 1700 g/mol. The normalized spacial score (nSPS) is 14.2. The molecule has 0 radical (unpaired) electrons. The minimum Gasteiger partial charge on any atom is -0.309 e. The van der Waals surface area contributed by atoms with Crippen molar-refractivity contribution in [3.63, 3.8) is 0 Å². The van der Waals surface area contributed by atoms with Gasteiger partial charge < -0.3 is 13.7 Å². The van der Waals surface area contributed by atoms with Crippen molar-refractivity contribution in [1.29, 1.82) is 0 Å². The summed E-state index contributed by atoms with van der Waals surface area (Å²) in [4.78, 5) is 0. The molecule has 22 aromatic carbocycles. The Labute approximate surface area is 819 Å². The minimum absolute atomic E-state index is 0.215. The molecule has 25 aromatic rings. The summed E-state index contributed by atoms with van der Waals surface area (Å²) in [5.41, 5.74) is 58.3. The summed E-state index contributed by atoms with van der Waals surface area (Å²) in [6.07, 6.45) is 2.97. The maximum atomic E-state index is 2.50. The minimum atomic E-state index is 0.215. The van der Waals surface area contributed by atoms with Crippen LogP contribution < -0.4 is 0 Å². The van der Waals surface area contributed by atoms with Crippen molar-refractivity contribution in [3.05, 3.63) is 581 Å². The van der Waals surface area contributed by atoms with Crippen molar-refractivity contribution in [2.24, 2.45) is 0 Å². The second-order valence-electron chi connectivity index (χ2n) is 39.0. The lowest BCUT2D eigenvalue weighted by Crippen LogP contribution is -2.00. The van der Waals surface area contributed by atoms with Crippen LogP contribution in [0.4, 0.5) is 0 Å². The van der Waals surface area contributed by atoms with Crippen LogP contribution in [0.1, 0.15) is 101 Å². The lowest BCUT2D eigenvalue weighted by atomic mass is 9.86. The summed E-state index contributed by atoms with van der Waals surface area (Å²) in [5.74, 6) is 0.752. The quantitative estimate of drug-likeness (QED) is 0.130. The average Bonchev–Trinajstić information content (AvgIpc) is 1.58. The molecule has 31 rings (SSSR count). The van der Waals surface area contributed by atoms with Crippen LogP contribution >= 0.6 is 0 Å². The molecule has 0 aliphatic heterocycles. The van der Waals surface area contributed by atoms with Gasteiger partial charge in [-0.15, -0.1) is 0 Å². The van der Waals surface area contributed by atoms with E-state index in [1.165, 1.54) is 277 Å². The summed E-state index contributed by atoms with van der Waals surface area (Å²) >= 11 is 0. The molecule has 0 amide bonds. The van der Waals surface area contributed by atoms with Crippen LogP contribution in [-0.4, -0.2) is 13.7 Å². The van der Waals surface area contributed by atoms with Crippen molar-refractivity contribution < 1.29 is 0 Å². The highest BCUT2D eigenvalue weighted by Gasteiger charge is 2.36. The van der Waals surface area contributed by atoms with Crippen LogP contribution in [0.2, 0.25) is 0 Å². The van der Waals surface area contributed by atoms with E-state index < -0.39 is 0 Å². The molecule has 141 heavy (non-hydrogen) atoms. The summed E-state index contributed by atoms with van der Waals surface area (Å²) in [7, 11) is 0.